The maximum atomic E-state index is 4.25. The van der Waals surface area contributed by atoms with E-state index in [9.17, 15) is 0 Å². The van der Waals surface area contributed by atoms with Gasteiger partial charge in [-0.15, -0.1) is 0 Å². The molecular weight excluding hydrogens is 278 g/mol. The Hall–Kier alpha value is -1.81. The van der Waals surface area contributed by atoms with Crippen molar-refractivity contribution >= 4 is 17.3 Å². The van der Waals surface area contributed by atoms with Crippen LogP contribution in [0.4, 0.5) is 0 Å². The number of hydrogen-bond donors (Lipinski definition) is 2. The van der Waals surface area contributed by atoms with Crippen molar-refractivity contribution in [3.05, 3.63) is 57.3 Å². The summed E-state index contributed by atoms with van der Waals surface area (Å²) in [7, 11) is 1.81. The van der Waals surface area contributed by atoms with Crippen molar-refractivity contribution in [2.24, 2.45) is 4.99 Å². The highest BCUT2D eigenvalue weighted by Crippen LogP contribution is 2.10. The normalized spacial score (nSPS) is 11.5. The molecule has 0 aliphatic heterocycles. The van der Waals surface area contributed by atoms with Gasteiger partial charge >= 0.3 is 0 Å². The molecule has 0 radical (unpaired) electrons. The Morgan fingerprint density at radius 2 is 2.05 bits per heavy atom. The smallest absolute Gasteiger partial charge is 0.191 e. The van der Waals surface area contributed by atoms with Crippen LogP contribution >= 0.6 is 11.3 Å². The van der Waals surface area contributed by atoms with Crippen LogP contribution in [0.3, 0.4) is 0 Å². The van der Waals surface area contributed by atoms with Crippen LogP contribution in [0.5, 0.6) is 0 Å². The van der Waals surface area contributed by atoms with Crippen molar-refractivity contribution < 1.29 is 0 Å². The van der Waals surface area contributed by atoms with Crippen LogP contribution in [0, 0.1) is 13.8 Å². The van der Waals surface area contributed by atoms with Gasteiger partial charge in [0.15, 0.2) is 5.96 Å². The molecule has 0 amide bonds. The van der Waals surface area contributed by atoms with Gasteiger partial charge in [-0.25, -0.2) is 0 Å². The van der Waals surface area contributed by atoms with Crippen molar-refractivity contribution in [1.29, 1.82) is 0 Å². The highest BCUT2D eigenvalue weighted by molar-refractivity contribution is 7.07. The lowest BCUT2D eigenvalue weighted by molar-refractivity contribution is 0.793. The van der Waals surface area contributed by atoms with Crippen LogP contribution in [0.25, 0.3) is 0 Å². The van der Waals surface area contributed by atoms with Crippen molar-refractivity contribution in [2.45, 2.75) is 26.8 Å². The first-order valence-corrected chi connectivity index (χ1v) is 8.15. The Morgan fingerprint density at radius 1 is 1.19 bits per heavy atom. The second-order valence-electron chi connectivity index (χ2n) is 5.16. The summed E-state index contributed by atoms with van der Waals surface area (Å²) in [6.07, 6.45) is 1.01. The second kappa shape index (κ2) is 7.84. The van der Waals surface area contributed by atoms with Crippen LogP contribution in [0.1, 0.15) is 22.3 Å². The third-order valence-corrected chi connectivity index (χ3v) is 4.18. The van der Waals surface area contributed by atoms with Crippen molar-refractivity contribution in [3.63, 3.8) is 0 Å². The van der Waals surface area contributed by atoms with E-state index in [0.29, 0.717) is 0 Å². The maximum Gasteiger partial charge on any atom is 0.191 e. The summed E-state index contributed by atoms with van der Waals surface area (Å²) in [6, 6.07) is 8.75. The van der Waals surface area contributed by atoms with E-state index < -0.39 is 0 Å². The zero-order chi connectivity index (χ0) is 15.1. The van der Waals surface area contributed by atoms with E-state index in [1.807, 2.05) is 0 Å². The first-order valence-electron chi connectivity index (χ1n) is 7.21. The summed E-state index contributed by atoms with van der Waals surface area (Å²) in [5, 5.41) is 10.9. The molecule has 112 valence electrons. The Labute approximate surface area is 131 Å². The summed E-state index contributed by atoms with van der Waals surface area (Å²) < 4.78 is 0. The van der Waals surface area contributed by atoms with Crippen molar-refractivity contribution in [3.8, 4) is 0 Å². The molecule has 0 bridgehead atoms. The summed E-state index contributed by atoms with van der Waals surface area (Å²) in [5.74, 6) is 0.853. The van der Waals surface area contributed by atoms with Gasteiger partial charge in [0, 0.05) is 20.1 Å². The van der Waals surface area contributed by atoms with Crippen molar-refractivity contribution in [1.82, 2.24) is 10.6 Å². The summed E-state index contributed by atoms with van der Waals surface area (Å²) in [4.78, 5) is 4.25. The molecule has 1 aromatic heterocycles. The first kappa shape index (κ1) is 15.6. The van der Waals surface area contributed by atoms with E-state index in [0.717, 1.165) is 25.5 Å². The minimum absolute atomic E-state index is 0.812. The molecule has 21 heavy (non-hydrogen) atoms. The molecule has 0 aliphatic carbocycles. The number of aliphatic imine (C=N–C) groups is 1. The fraction of sp³-hybridized carbons (Fsp3) is 0.353. The summed E-state index contributed by atoms with van der Waals surface area (Å²) in [6.45, 7) is 6.00. The topological polar surface area (TPSA) is 36.4 Å². The van der Waals surface area contributed by atoms with Gasteiger partial charge in [0.05, 0.1) is 0 Å². The third-order valence-electron chi connectivity index (χ3n) is 3.45. The van der Waals surface area contributed by atoms with Gasteiger partial charge in [0.2, 0.25) is 0 Å². The van der Waals surface area contributed by atoms with E-state index in [2.05, 4.69) is 64.5 Å². The fourth-order valence-electron chi connectivity index (χ4n) is 2.24. The van der Waals surface area contributed by atoms with Gasteiger partial charge in [0.25, 0.3) is 0 Å². The van der Waals surface area contributed by atoms with Gasteiger partial charge in [-0.05, 0) is 53.8 Å². The number of hydrogen-bond acceptors (Lipinski definition) is 2. The molecule has 0 unspecified atom stereocenters. The molecule has 2 rings (SSSR count). The highest BCUT2D eigenvalue weighted by Gasteiger charge is 2.01. The molecule has 0 aliphatic rings. The van der Waals surface area contributed by atoms with Gasteiger partial charge in [-0.3, -0.25) is 4.99 Å². The minimum atomic E-state index is 0.812. The lowest BCUT2D eigenvalue weighted by Crippen LogP contribution is -2.37. The Morgan fingerprint density at radius 3 is 2.71 bits per heavy atom. The minimum Gasteiger partial charge on any atom is -0.356 e. The Balaban J connectivity index is 1.78. The number of nitrogens with zero attached hydrogens (tertiary/aromatic N) is 1. The SMILES string of the molecule is CN=C(NCCc1ccc(C)cc1C)NCc1ccsc1. The van der Waals surface area contributed by atoms with E-state index in [-0.39, 0.29) is 0 Å². The van der Waals surface area contributed by atoms with Gasteiger partial charge in [-0.1, -0.05) is 23.8 Å². The predicted octanol–water partition coefficient (Wildman–Crippen LogP) is 3.27. The van der Waals surface area contributed by atoms with Crippen LogP contribution in [-0.2, 0) is 13.0 Å². The monoisotopic (exact) mass is 301 g/mol. The molecule has 0 spiro atoms. The number of aryl methyl sites for hydroxylation is 2. The molecule has 4 heteroatoms. The van der Waals surface area contributed by atoms with Crippen LogP contribution in [0.15, 0.2) is 40.0 Å². The molecule has 1 heterocycles. The average Bonchev–Trinajstić information content (AvgIpc) is 2.98. The lowest BCUT2D eigenvalue weighted by Gasteiger charge is -2.12. The lowest BCUT2D eigenvalue weighted by atomic mass is 10.0. The quantitative estimate of drug-likeness (QED) is 0.657. The standard InChI is InChI=1S/C17H23N3S/c1-13-4-5-16(14(2)10-13)6-8-19-17(18-3)20-11-15-7-9-21-12-15/h4-5,7,9-10,12H,6,8,11H2,1-3H3,(H2,18,19,20). The molecule has 2 aromatic rings. The van der Waals surface area contributed by atoms with Crippen LogP contribution < -0.4 is 10.6 Å². The van der Waals surface area contributed by atoms with E-state index in [4.69, 9.17) is 0 Å². The summed E-state index contributed by atoms with van der Waals surface area (Å²) in [5.41, 5.74) is 5.36. The molecule has 1 aromatic carbocycles. The van der Waals surface area contributed by atoms with Crippen LogP contribution in [0.2, 0.25) is 0 Å². The molecule has 2 N–H and O–H groups in total. The molecule has 0 saturated carbocycles. The van der Waals surface area contributed by atoms with Gasteiger partial charge < -0.3 is 10.6 Å². The molecule has 0 fully saturated rings. The zero-order valence-electron chi connectivity index (χ0n) is 12.9. The fourth-order valence-corrected chi connectivity index (χ4v) is 2.91. The number of guanidine groups is 1. The van der Waals surface area contributed by atoms with Crippen LogP contribution in [-0.4, -0.2) is 19.6 Å². The predicted molar refractivity (Wildman–Crippen MR) is 92.1 cm³/mol. The largest absolute Gasteiger partial charge is 0.356 e. The zero-order valence-corrected chi connectivity index (χ0v) is 13.8. The number of rotatable bonds is 5. The van der Waals surface area contributed by atoms with E-state index >= 15 is 0 Å². The highest BCUT2D eigenvalue weighted by atomic mass is 32.1. The van der Waals surface area contributed by atoms with E-state index in [1.165, 1.54) is 22.3 Å². The molecule has 0 saturated heterocycles. The summed E-state index contributed by atoms with van der Waals surface area (Å²) >= 11 is 1.72. The first-order chi connectivity index (χ1) is 10.2. The average molecular weight is 301 g/mol. The number of benzene rings is 1. The maximum absolute atomic E-state index is 4.25. The van der Waals surface area contributed by atoms with Gasteiger partial charge in [-0.2, -0.15) is 11.3 Å². The molecule has 0 atom stereocenters. The molecule has 3 nitrogen and oxygen atoms in total. The van der Waals surface area contributed by atoms with Gasteiger partial charge in [0.1, 0.15) is 0 Å². The number of thiophene rings is 1. The van der Waals surface area contributed by atoms with Crippen molar-refractivity contribution in [2.75, 3.05) is 13.6 Å². The Kier molecular flexibility index (Phi) is 5.81. The number of nitrogens with one attached hydrogen (secondary N) is 2. The Bertz CT molecular complexity index is 588. The van der Waals surface area contributed by atoms with E-state index in [1.54, 1.807) is 18.4 Å². The molecular formula is C17H23N3S. The third kappa shape index (κ3) is 4.90. The second-order valence-corrected chi connectivity index (χ2v) is 5.94.